The monoisotopic (exact) mass is 594 g/mol. The summed E-state index contributed by atoms with van der Waals surface area (Å²) in [5.41, 5.74) is 1.55. The molecule has 0 amide bonds. The van der Waals surface area contributed by atoms with Crippen LogP contribution >= 0.6 is 11.8 Å². The molecule has 4 heteroatoms. The van der Waals surface area contributed by atoms with Crippen molar-refractivity contribution in [3.8, 4) is 11.5 Å². The van der Waals surface area contributed by atoms with Crippen molar-refractivity contribution in [3.05, 3.63) is 59.7 Å². The van der Waals surface area contributed by atoms with Gasteiger partial charge in [0.15, 0.2) is 5.78 Å². The maximum Gasteiger partial charge on any atom is 0.189 e. The zero-order valence-electron chi connectivity index (χ0n) is 27.0. The molecule has 3 nitrogen and oxygen atoms in total. The molecule has 0 fully saturated rings. The van der Waals surface area contributed by atoms with Gasteiger partial charge in [0.1, 0.15) is 11.5 Å². The van der Waals surface area contributed by atoms with Crippen molar-refractivity contribution in [2.75, 3.05) is 19.0 Å². The molecule has 0 saturated heterocycles. The molecule has 0 aromatic heterocycles. The minimum Gasteiger partial charge on any atom is -0.494 e. The Hall–Kier alpha value is -2.20. The summed E-state index contributed by atoms with van der Waals surface area (Å²) < 4.78 is 11.2. The zero-order chi connectivity index (χ0) is 30.1. The van der Waals surface area contributed by atoms with E-state index in [2.05, 4.69) is 31.2 Å². The molecule has 2 aromatic carbocycles. The highest BCUT2D eigenvalue weighted by atomic mass is 32.2. The average molecular weight is 595 g/mol. The van der Waals surface area contributed by atoms with E-state index in [0.717, 1.165) is 5.56 Å². The van der Waals surface area contributed by atoms with Gasteiger partial charge in [0.05, 0.1) is 18.8 Å². The second-order valence-electron chi connectivity index (χ2n) is 11.3. The van der Waals surface area contributed by atoms with E-state index < -0.39 is 0 Å². The number of unbranched alkanes of at least 4 members (excludes halogenated alkanes) is 16. The van der Waals surface area contributed by atoms with Crippen molar-refractivity contribution in [2.45, 2.75) is 135 Å². The van der Waals surface area contributed by atoms with E-state index in [4.69, 9.17) is 9.47 Å². The summed E-state index contributed by atoms with van der Waals surface area (Å²) in [6.45, 7) is 7.21. The van der Waals surface area contributed by atoms with Crippen LogP contribution in [0.5, 0.6) is 11.5 Å². The number of carbonyl (C=O) groups is 1. The van der Waals surface area contributed by atoms with Crippen LogP contribution in [0.1, 0.15) is 146 Å². The number of ether oxygens (including phenoxy) is 2. The van der Waals surface area contributed by atoms with Crippen LogP contribution in [0.15, 0.2) is 53.4 Å². The molecular weight excluding hydrogens is 536 g/mol. The quantitative estimate of drug-likeness (QED) is 0.0470. The van der Waals surface area contributed by atoms with Crippen LogP contribution in [0.4, 0.5) is 0 Å². The highest BCUT2D eigenvalue weighted by molar-refractivity contribution is 7.99. The maximum atomic E-state index is 12.9. The molecule has 2 rings (SSSR count). The Kier molecular flexibility index (Phi) is 20.8. The molecule has 0 aliphatic rings. The van der Waals surface area contributed by atoms with Gasteiger partial charge in [-0.15, -0.1) is 11.8 Å². The molecule has 0 bridgehead atoms. The van der Waals surface area contributed by atoms with Crippen molar-refractivity contribution < 1.29 is 14.3 Å². The van der Waals surface area contributed by atoms with Crippen molar-refractivity contribution in [2.24, 2.45) is 0 Å². The Bertz CT molecular complexity index is 982. The number of thioether (sulfide) groups is 1. The van der Waals surface area contributed by atoms with Gasteiger partial charge in [-0.05, 0) is 68.0 Å². The molecule has 2 aromatic rings. The van der Waals surface area contributed by atoms with E-state index in [9.17, 15) is 4.79 Å². The summed E-state index contributed by atoms with van der Waals surface area (Å²) in [6, 6.07) is 13.9. The molecule has 0 saturated carbocycles. The summed E-state index contributed by atoms with van der Waals surface area (Å²) in [7, 11) is 0. The van der Waals surface area contributed by atoms with E-state index in [0.29, 0.717) is 30.3 Å². The molecule has 0 unspecified atom stereocenters. The number of allylic oxidation sites excluding steroid dienone is 1. The largest absolute Gasteiger partial charge is 0.494 e. The minimum atomic E-state index is -0.0859. The predicted molar refractivity (Wildman–Crippen MR) is 183 cm³/mol. The Morgan fingerprint density at radius 2 is 1.17 bits per heavy atom. The number of rotatable bonds is 26. The van der Waals surface area contributed by atoms with Crippen LogP contribution in [-0.4, -0.2) is 24.7 Å². The summed E-state index contributed by atoms with van der Waals surface area (Å²) in [5, 5.41) is 0. The fourth-order valence-corrected chi connectivity index (χ4v) is 6.11. The Labute approximate surface area is 262 Å². The number of ketones is 1. The van der Waals surface area contributed by atoms with Gasteiger partial charge in [0.2, 0.25) is 0 Å². The lowest BCUT2D eigenvalue weighted by Crippen LogP contribution is -2.03. The first-order valence-electron chi connectivity index (χ1n) is 17.0. The summed E-state index contributed by atoms with van der Waals surface area (Å²) in [6.07, 6.45) is 27.5. The van der Waals surface area contributed by atoms with Crippen LogP contribution in [-0.2, 0) is 0 Å². The Balaban J connectivity index is 1.52. The van der Waals surface area contributed by atoms with Crippen LogP contribution < -0.4 is 9.47 Å². The summed E-state index contributed by atoms with van der Waals surface area (Å²) in [5.74, 6) is 2.35. The van der Waals surface area contributed by atoms with E-state index in [1.807, 2.05) is 43.8 Å². The SMILES string of the molecule is CCCCCCCCCCCCCCCCCCCSc1ccc(C=CC(=O)c2cc(OCC)ccc2OCC)cc1. The van der Waals surface area contributed by atoms with Crippen LogP contribution in [0.2, 0.25) is 0 Å². The average Bonchev–Trinajstić information content (AvgIpc) is 3.01. The van der Waals surface area contributed by atoms with E-state index in [-0.39, 0.29) is 5.78 Å². The van der Waals surface area contributed by atoms with Gasteiger partial charge < -0.3 is 9.47 Å². The number of benzene rings is 2. The molecule has 0 spiro atoms. The van der Waals surface area contributed by atoms with Gasteiger partial charge >= 0.3 is 0 Å². The van der Waals surface area contributed by atoms with Gasteiger partial charge in [-0.25, -0.2) is 0 Å². The maximum absolute atomic E-state index is 12.9. The third kappa shape index (κ3) is 16.4. The normalized spacial score (nSPS) is 11.3. The third-order valence-corrected chi connectivity index (χ3v) is 8.75. The lowest BCUT2D eigenvalue weighted by atomic mass is 10.0. The van der Waals surface area contributed by atoms with Gasteiger partial charge in [-0.2, -0.15) is 0 Å². The summed E-state index contributed by atoms with van der Waals surface area (Å²) >= 11 is 1.93. The van der Waals surface area contributed by atoms with Crippen LogP contribution in [0.3, 0.4) is 0 Å². The van der Waals surface area contributed by atoms with Gasteiger partial charge in [0.25, 0.3) is 0 Å². The lowest BCUT2D eigenvalue weighted by Gasteiger charge is -2.10. The number of hydrogen-bond acceptors (Lipinski definition) is 4. The van der Waals surface area contributed by atoms with Crippen molar-refractivity contribution in [3.63, 3.8) is 0 Å². The number of carbonyl (C=O) groups excluding carboxylic acids is 1. The fraction of sp³-hybridized carbons (Fsp3) is 0.605. The van der Waals surface area contributed by atoms with E-state index in [1.165, 1.54) is 120 Å². The Morgan fingerprint density at radius 3 is 1.69 bits per heavy atom. The molecule has 234 valence electrons. The number of hydrogen-bond donors (Lipinski definition) is 0. The smallest absolute Gasteiger partial charge is 0.189 e. The van der Waals surface area contributed by atoms with Crippen molar-refractivity contribution >= 4 is 23.6 Å². The second kappa shape index (κ2) is 24.3. The third-order valence-electron chi connectivity index (χ3n) is 7.65. The summed E-state index contributed by atoms with van der Waals surface area (Å²) in [4.78, 5) is 14.2. The molecule has 0 heterocycles. The first kappa shape index (κ1) is 36.0. The standard InChI is InChI=1S/C38H58O3S/c1-4-7-8-9-10-11-12-13-14-15-16-17-18-19-20-21-22-31-42-35-27-23-33(24-28-35)25-29-37(39)36-32-34(40-5-2)26-30-38(36)41-6-3/h23-30,32H,4-22,31H2,1-3H3. The second-order valence-corrected chi connectivity index (χ2v) is 12.5. The lowest BCUT2D eigenvalue weighted by molar-refractivity contribution is 0.104. The van der Waals surface area contributed by atoms with Crippen molar-refractivity contribution in [1.82, 2.24) is 0 Å². The molecule has 0 aliphatic heterocycles. The molecule has 0 radical (unpaired) electrons. The van der Waals surface area contributed by atoms with Gasteiger partial charge in [-0.1, -0.05) is 128 Å². The molecule has 0 N–H and O–H groups in total. The topological polar surface area (TPSA) is 35.5 Å². The van der Waals surface area contributed by atoms with Gasteiger partial charge in [0, 0.05) is 4.90 Å². The highest BCUT2D eigenvalue weighted by Crippen LogP contribution is 2.26. The first-order valence-corrected chi connectivity index (χ1v) is 18.0. The molecular formula is C38H58O3S. The zero-order valence-corrected chi connectivity index (χ0v) is 27.8. The molecule has 0 atom stereocenters. The molecule has 0 aliphatic carbocycles. The van der Waals surface area contributed by atoms with Crippen LogP contribution in [0, 0.1) is 0 Å². The first-order chi connectivity index (χ1) is 20.7. The highest BCUT2D eigenvalue weighted by Gasteiger charge is 2.12. The Morgan fingerprint density at radius 1 is 0.643 bits per heavy atom. The van der Waals surface area contributed by atoms with Gasteiger partial charge in [-0.3, -0.25) is 4.79 Å². The molecule has 42 heavy (non-hydrogen) atoms. The van der Waals surface area contributed by atoms with E-state index in [1.54, 1.807) is 12.1 Å². The minimum absolute atomic E-state index is 0.0859. The van der Waals surface area contributed by atoms with E-state index >= 15 is 0 Å². The fourth-order valence-electron chi connectivity index (χ4n) is 5.19. The van der Waals surface area contributed by atoms with Crippen LogP contribution in [0.25, 0.3) is 6.08 Å². The van der Waals surface area contributed by atoms with Crippen molar-refractivity contribution in [1.29, 1.82) is 0 Å². The predicted octanol–water partition coefficient (Wildman–Crippen LogP) is 12.1.